The molecule has 1 aromatic carbocycles. The van der Waals surface area contributed by atoms with Crippen molar-refractivity contribution >= 4 is 11.6 Å². The zero-order valence-electron chi connectivity index (χ0n) is 16.3. The number of benzene rings is 1. The van der Waals surface area contributed by atoms with E-state index in [0.717, 1.165) is 30.6 Å². The lowest BCUT2D eigenvalue weighted by Crippen LogP contribution is -2.34. The molecule has 1 aliphatic rings. The fourth-order valence-electron chi connectivity index (χ4n) is 3.36. The Bertz CT molecular complexity index is 822. The molecule has 0 saturated carbocycles. The molecular weight excluding hydrogens is 356 g/mol. The van der Waals surface area contributed by atoms with Crippen LogP contribution in [0.1, 0.15) is 25.3 Å². The van der Waals surface area contributed by atoms with E-state index in [0.29, 0.717) is 32.8 Å². The van der Waals surface area contributed by atoms with Crippen molar-refractivity contribution in [2.45, 2.75) is 26.3 Å². The Morgan fingerprint density at radius 2 is 2.14 bits per heavy atom. The molecule has 28 heavy (non-hydrogen) atoms. The smallest absolute Gasteiger partial charge is 0.269 e. The number of aromatic nitrogens is 2. The molecule has 3 rings (SSSR count). The van der Waals surface area contributed by atoms with Gasteiger partial charge in [0.25, 0.3) is 5.56 Å². The zero-order valence-corrected chi connectivity index (χ0v) is 16.3. The first-order valence-electron chi connectivity index (χ1n) is 9.89. The molecule has 1 saturated heterocycles. The highest BCUT2D eigenvalue weighted by atomic mass is 16.5. The molecule has 0 spiro atoms. The molecule has 0 bridgehead atoms. The van der Waals surface area contributed by atoms with Gasteiger partial charge in [-0.15, -0.1) is 0 Å². The van der Waals surface area contributed by atoms with Crippen molar-refractivity contribution in [2.75, 3.05) is 37.7 Å². The van der Waals surface area contributed by atoms with Crippen LogP contribution in [-0.2, 0) is 16.1 Å². The molecule has 1 aromatic heterocycles. The molecule has 2 aromatic rings. The molecule has 0 unspecified atom stereocenters. The van der Waals surface area contributed by atoms with Gasteiger partial charge < -0.3 is 15.0 Å². The number of hydrogen-bond acceptors (Lipinski definition) is 5. The molecule has 1 atom stereocenters. The fraction of sp³-hybridized carbons (Fsp3) is 0.476. The Morgan fingerprint density at radius 1 is 1.32 bits per heavy atom. The third-order valence-electron chi connectivity index (χ3n) is 4.92. The van der Waals surface area contributed by atoms with Gasteiger partial charge in [-0.05, 0) is 25.3 Å². The fourth-order valence-corrected chi connectivity index (χ4v) is 3.36. The van der Waals surface area contributed by atoms with Crippen molar-refractivity contribution in [3.63, 3.8) is 0 Å². The van der Waals surface area contributed by atoms with Gasteiger partial charge in [0.15, 0.2) is 0 Å². The predicted molar refractivity (Wildman–Crippen MR) is 108 cm³/mol. The second kappa shape index (κ2) is 10.0. The summed E-state index contributed by atoms with van der Waals surface area (Å²) in [6, 6.07) is 11.4. The summed E-state index contributed by atoms with van der Waals surface area (Å²) in [6.07, 6.45) is 3.32. The monoisotopic (exact) mass is 384 g/mol. The summed E-state index contributed by atoms with van der Waals surface area (Å²) in [6.45, 7) is 5.77. The maximum absolute atomic E-state index is 12.4. The summed E-state index contributed by atoms with van der Waals surface area (Å²) in [5.74, 6) is 0.0169. The third kappa shape index (κ3) is 5.42. The van der Waals surface area contributed by atoms with E-state index < -0.39 is 0 Å². The number of anilines is 1. The third-order valence-corrected chi connectivity index (χ3v) is 4.92. The van der Waals surface area contributed by atoms with Gasteiger partial charge in [0.05, 0.1) is 24.3 Å². The first-order valence-corrected chi connectivity index (χ1v) is 9.89. The SMILES string of the molecule is CCOCCCNC(=O)[C@H]1CCN(c2cnn(Cc3ccccc3)c(=O)c2)C1. The van der Waals surface area contributed by atoms with Crippen LogP contribution in [0, 0.1) is 5.92 Å². The van der Waals surface area contributed by atoms with Crippen LogP contribution in [0.5, 0.6) is 0 Å². The van der Waals surface area contributed by atoms with E-state index >= 15 is 0 Å². The Morgan fingerprint density at radius 3 is 2.89 bits per heavy atom. The number of amides is 1. The molecule has 7 heteroatoms. The molecule has 2 heterocycles. The second-order valence-corrected chi connectivity index (χ2v) is 6.97. The summed E-state index contributed by atoms with van der Waals surface area (Å²) >= 11 is 0. The standard InChI is InChI=1S/C21H28N4O3/c1-2-28-12-6-10-22-21(27)18-9-11-24(16-18)19-13-20(26)25(23-14-19)15-17-7-4-3-5-8-17/h3-5,7-8,13-14,18H,2,6,9-12,15-16H2,1H3,(H,22,27)/t18-/m0/s1. The minimum Gasteiger partial charge on any atom is -0.382 e. The van der Waals surface area contributed by atoms with Crippen molar-refractivity contribution in [3.8, 4) is 0 Å². The van der Waals surface area contributed by atoms with E-state index in [1.165, 1.54) is 4.68 Å². The Hall–Kier alpha value is -2.67. The number of carbonyl (C=O) groups is 1. The van der Waals surface area contributed by atoms with Crippen LogP contribution in [0.15, 0.2) is 47.4 Å². The van der Waals surface area contributed by atoms with Crippen LogP contribution in [0.25, 0.3) is 0 Å². The first kappa shape index (κ1) is 20.1. The van der Waals surface area contributed by atoms with Crippen LogP contribution >= 0.6 is 0 Å². The van der Waals surface area contributed by atoms with Crippen LogP contribution in [0.2, 0.25) is 0 Å². The lowest BCUT2D eigenvalue weighted by atomic mass is 10.1. The summed E-state index contributed by atoms with van der Waals surface area (Å²) in [7, 11) is 0. The van der Waals surface area contributed by atoms with Crippen molar-refractivity contribution in [2.24, 2.45) is 5.92 Å². The molecular formula is C21H28N4O3. The quantitative estimate of drug-likeness (QED) is 0.666. The van der Waals surface area contributed by atoms with E-state index in [4.69, 9.17) is 4.74 Å². The molecule has 1 amide bonds. The van der Waals surface area contributed by atoms with Gasteiger partial charge in [-0.2, -0.15) is 5.10 Å². The first-order chi connectivity index (χ1) is 13.7. The number of hydrogen-bond donors (Lipinski definition) is 1. The molecule has 0 aliphatic carbocycles. The van der Waals surface area contributed by atoms with Crippen molar-refractivity contribution in [1.82, 2.24) is 15.1 Å². The largest absolute Gasteiger partial charge is 0.382 e. The Kier molecular flexibility index (Phi) is 7.19. The molecule has 7 nitrogen and oxygen atoms in total. The summed E-state index contributed by atoms with van der Waals surface area (Å²) in [5, 5.41) is 7.29. The van der Waals surface area contributed by atoms with E-state index in [2.05, 4.69) is 15.3 Å². The highest BCUT2D eigenvalue weighted by Crippen LogP contribution is 2.22. The molecule has 1 aliphatic heterocycles. The Balaban J connectivity index is 1.53. The van der Waals surface area contributed by atoms with Crippen LogP contribution in [0.3, 0.4) is 0 Å². The topological polar surface area (TPSA) is 76.5 Å². The summed E-state index contributed by atoms with van der Waals surface area (Å²) < 4.78 is 6.73. The van der Waals surface area contributed by atoms with Gasteiger partial charge in [-0.1, -0.05) is 30.3 Å². The molecule has 1 N–H and O–H groups in total. The van der Waals surface area contributed by atoms with Crippen molar-refractivity contribution in [1.29, 1.82) is 0 Å². The predicted octanol–water partition coefficient (Wildman–Crippen LogP) is 1.66. The van der Waals surface area contributed by atoms with Crippen molar-refractivity contribution < 1.29 is 9.53 Å². The lowest BCUT2D eigenvalue weighted by molar-refractivity contribution is -0.124. The van der Waals surface area contributed by atoms with Crippen LogP contribution < -0.4 is 15.8 Å². The van der Waals surface area contributed by atoms with Gasteiger partial charge in [0, 0.05) is 38.9 Å². The highest BCUT2D eigenvalue weighted by molar-refractivity contribution is 5.80. The number of nitrogens with zero attached hydrogens (tertiary/aromatic N) is 3. The molecule has 1 fully saturated rings. The van der Waals surface area contributed by atoms with Gasteiger partial charge in [0.1, 0.15) is 0 Å². The zero-order chi connectivity index (χ0) is 19.8. The lowest BCUT2D eigenvalue weighted by Gasteiger charge is -2.18. The molecule has 0 radical (unpaired) electrons. The van der Waals surface area contributed by atoms with E-state index in [1.807, 2.05) is 37.3 Å². The second-order valence-electron chi connectivity index (χ2n) is 6.97. The highest BCUT2D eigenvalue weighted by Gasteiger charge is 2.28. The maximum Gasteiger partial charge on any atom is 0.269 e. The summed E-state index contributed by atoms with van der Waals surface area (Å²) in [4.78, 5) is 26.8. The Labute approximate surface area is 165 Å². The number of carbonyl (C=O) groups excluding carboxylic acids is 1. The normalized spacial score (nSPS) is 16.3. The van der Waals surface area contributed by atoms with Crippen molar-refractivity contribution in [3.05, 3.63) is 58.5 Å². The van der Waals surface area contributed by atoms with Gasteiger partial charge >= 0.3 is 0 Å². The number of rotatable bonds is 9. The average Bonchev–Trinajstić information content (AvgIpc) is 3.20. The van der Waals surface area contributed by atoms with Gasteiger partial charge in [-0.25, -0.2) is 4.68 Å². The average molecular weight is 384 g/mol. The maximum atomic E-state index is 12.4. The van der Waals surface area contributed by atoms with Crippen LogP contribution in [-0.4, -0.2) is 48.5 Å². The van der Waals surface area contributed by atoms with E-state index in [1.54, 1.807) is 12.3 Å². The van der Waals surface area contributed by atoms with E-state index in [9.17, 15) is 9.59 Å². The number of ether oxygens (including phenoxy) is 1. The van der Waals surface area contributed by atoms with Crippen LogP contribution in [0.4, 0.5) is 5.69 Å². The van der Waals surface area contributed by atoms with Gasteiger partial charge in [0.2, 0.25) is 5.91 Å². The number of nitrogens with one attached hydrogen (secondary N) is 1. The minimum atomic E-state index is -0.134. The molecule has 150 valence electrons. The van der Waals surface area contributed by atoms with E-state index in [-0.39, 0.29) is 17.4 Å². The van der Waals surface area contributed by atoms with Gasteiger partial charge in [-0.3, -0.25) is 9.59 Å². The minimum absolute atomic E-state index is 0.0566. The summed E-state index contributed by atoms with van der Waals surface area (Å²) in [5.41, 5.74) is 1.68.